The van der Waals surface area contributed by atoms with Gasteiger partial charge in [-0.2, -0.15) is 0 Å². The van der Waals surface area contributed by atoms with E-state index in [9.17, 15) is 13.5 Å². The number of aliphatic hydroxyl groups is 1. The maximum Gasteiger partial charge on any atom is 0.264 e. The highest BCUT2D eigenvalue weighted by Crippen LogP contribution is 2.26. The number of rotatable bonds is 8. The third kappa shape index (κ3) is 4.97. The van der Waals surface area contributed by atoms with Gasteiger partial charge in [-0.1, -0.05) is 17.7 Å². The first kappa shape index (κ1) is 20.2. The number of benzene rings is 2. The van der Waals surface area contributed by atoms with Gasteiger partial charge >= 0.3 is 0 Å². The molecule has 0 heterocycles. The van der Waals surface area contributed by atoms with E-state index in [1.807, 2.05) is 21.0 Å². The topological polar surface area (TPSA) is 71.3 Å². The maximum absolute atomic E-state index is 13.2. The zero-order valence-electron chi connectivity index (χ0n) is 15.6. The molecular formula is C19H27N2O4S+. The Balaban J connectivity index is 2.42. The van der Waals surface area contributed by atoms with E-state index < -0.39 is 16.1 Å². The number of likely N-dealkylation sites (N-methyl/N-ethyl adjacent to an activating group) is 1. The highest BCUT2D eigenvalue weighted by atomic mass is 32.2. The van der Waals surface area contributed by atoms with Crippen molar-refractivity contribution in [2.75, 3.05) is 38.6 Å². The summed E-state index contributed by atoms with van der Waals surface area (Å²) in [6.07, 6.45) is -0.790. The van der Waals surface area contributed by atoms with E-state index in [0.29, 0.717) is 18.0 Å². The summed E-state index contributed by atoms with van der Waals surface area (Å²) in [6.45, 7) is 2.32. The molecule has 0 aliphatic heterocycles. The molecule has 0 saturated carbocycles. The van der Waals surface area contributed by atoms with Crippen molar-refractivity contribution in [2.24, 2.45) is 0 Å². The first-order valence-corrected chi connectivity index (χ1v) is 9.88. The monoisotopic (exact) mass is 379 g/mol. The first-order valence-electron chi connectivity index (χ1n) is 8.44. The van der Waals surface area contributed by atoms with Crippen molar-refractivity contribution in [3.8, 4) is 5.75 Å². The van der Waals surface area contributed by atoms with Crippen molar-refractivity contribution >= 4 is 15.7 Å². The van der Waals surface area contributed by atoms with Crippen LogP contribution in [-0.2, 0) is 10.0 Å². The summed E-state index contributed by atoms with van der Waals surface area (Å²) < 4.78 is 32.8. The summed E-state index contributed by atoms with van der Waals surface area (Å²) >= 11 is 0. The van der Waals surface area contributed by atoms with E-state index in [1.54, 1.807) is 55.6 Å². The molecule has 7 heteroatoms. The van der Waals surface area contributed by atoms with E-state index >= 15 is 0 Å². The van der Waals surface area contributed by atoms with E-state index in [4.69, 9.17) is 4.74 Å². The molecule has 6 nitrogen and oxygen atoms in total. The molecule has 0 saturated heterocycles. The minimum Gasteiger partial charge on any atom is -0.497 e. The van der Waals surface area contributed by atoms with E-state index in [-0.39, 0.29) is 11.4 Å². The average Bonchev–Trinajstić information content (AvgIpc) is 2.59. The number of sulfonamides is 1. The third-order valence-corrected chi connectivity index (χ3v) is 5.80. The Bertz CT molecular complexity index is 802. The largest absolute Gasteiger partial charge is 0.497 e. The fourth-order valence-electron chi connectivity index (χ4n) is 2.66. The summed E-state index contributed by atoms with van der Waals surface area (Å²) in [7, 11) is 1.58. The van der Waals surface area contributed by atoms with Gasteiger partial charge < -0.3 is 14.7 Å². The van der Waals surface area contributed by atoms with Crippen LogP contribution >= 0.6 is 0 Å². The van der Waals surface area contributed by atoms with Gasteiger partial charge in [-0.05, 0) is 43.3 Å². The van der Waals surface area contributed by atoms with Gasteiger partial charge in [0.25, 0.3) is 10.0 Å². The van der Waals surface area contributed by atoms with E-state index in [2.05, 4.69) is 0 Å². The molecule has 2 aromatic carbocycles. The van der Waals surface area contributed by atoms with Crippen molar-refractivity contribution in [1.29, 1.82) is 0 Å². The molecule has 26 heavy (non-hydrogen) atoms. The van der Waals surface area contributed by atoms with Crippen molar-refractivity contribution in [2.45, 2.75) is 17.9 Å². The molecule has 0 radical (unpaired) electrons. The highest BCUT2D eigenvalue weighted by Gasteiger charge is 2.28. The molecule has 0 amide bonds. The van der Waals surface area contributed by atoms with Crippen LogP contribution in [0.3, 0.4) is 0 Å². The Kier molecular flexibility index (Phi) is 6.63. The lowest BCUT2D eigenvalue weighted by atomic mass is 10.2. The quantitative estimate of drug-likeness (QED) is 0.709. The van der Waals surface area contributed by atoms with Crippen LogP contribution in [0, 0.1) is 6.92 Å². The Morgan fingerprint density at radius 2 is 1.65 bits per heavy atom. The van der Waals surface area contributed by atoms with Gasteiger partial charge in [-0.25, -0.2) is 8.42 Å². The second-order valence-corrected chi connectivity index (χ2v) is 8.47. The molecule has 0 fully saturated rings. The van der Waals surface area contributed by atoms with Gasteiger partial charge in [0.15, 0.2) is 0 Å². The average molecular weight is 380 g/mol. The molecule has 2 rings (SSSR count). The third-order valence-electron chi connectivity index (χ3n) is 3.99. The van der Waals surface area contributed by atoms with Crippen molar-refractivity contribution in [1.82, 2.24) is 0 Å². The van der Waals surface area contributed by atoms with Crippen molar-refractivity contribution in [3.05, 3.63) is 54.1 Å². The number of anilines is 1. The van der Waals surface area contributed by atoms with Crippen LogP contribution < -0.4 is 13.9 Å². The predicted molar refractivity (Wildman–Crippen MR) is 102 cm³/mol. The molecule has 0 aliphatic rings. The fourth-order valence-corrected chi connectivity index (χ4v) is 4.16. The number of aliphatic hydroxyl groups excluding tert-OH is 1. The van der Waals surface area contributed by atoms with Gasteiger partial charge in [-0.3, -0.25) is 4.31 Å². The van der Waals surface area contributed by atoms with Crippen LogP contribution in [0.15, 0.2) is 53.4 Å². The summed E-state index contributed by atoms with van der Waals surface area (Å²) in [6, 6.07) is 13.5. The summed E-state index contributed by atoms with van der Waals surface area (Å²) in [4.78, 5) is 1.24. The molecule has 0 aliphatic carbocycles. The van der Waals surface area contributed by atoms with Gasteiger partial charge in [0.1, 0.15) is 18.4 Å². The lowest BCUT2D eigenvalue weighted by Crippen LogP contribution is -3.07. The minimum atomic E-state index is -3.80. The molecular weight excluding hydrogens is 352 g/mol. The predicted octanol–water partition coefficient (Wildman–Crippen LogP) is 0.704. The maximum atomic E-state index is 13.2. The zero-order valence-corrected chi connectivity index (χ0v) is 16.5. The second-order valence-electron chi connectivity index (χ2n) is 6.61. The first-order chi connectivity index (χ1) is 12.2. The number of hydrogen-bond donors (Lipinski definition) is 2. The summed E-state index contributed by atoms with van der Waals surface area (Å²) in [5.74, 6) is 0.639. The van der Waals surface area contributed by atoms with Crippen LogP contribution in [0.5, 0.6) is 5.75 Å². The number of aryl methyl sites for hydroxylation is 1. The number of ether oxygens (including phenoxy) is 1. The van der Waals surface area contributed by atoms with E-state index in [0.717, 1.165) is 10.5 Å². The molecule has 0 bridgehead atoms. The van der Waals surface area contributed by atoms with Gasteiger partial charge in [-0.15, -0.1) is 0 Å². The van der Waals surface area contributed by atoms with Crippen LogP contribution in [0.4, 0.5) is 5.69 Å². The Hall–Kier alpha value is -2.09. The van der Waals surface area contributed by atoms with Crippen LogP contribution in [0.2, 0.25) is 0 Å². The molecule has 0 aromatic heterocycles. The lowest BCUT2D eigenvalue weighted by molar-refractivity contribution is -0.861. The van der Waals surface area contributed by atoms with Gasteiger partial charge in [0.2, 0.25) is 0 Å². The number of quaternary nitrogens is 1. The Morgan fingerprint density at radius 1 is 1.08 bits per heavy atom. The van der Waals surface area contributed by atoms with Crippen molar-refractivity contribution in [3.63, 3.8) is 0 Å². The van der Waals surface area contributed by atoms with E-state index in [1.165, 1.54) is 4.31 Å². The molecule has 2 aromatic rings. The fraction of sp³-hybridized carbons (Fsp3) is 0.368. The molecule has 1 atom stereocenters. The molecule has 0 spiro atoms. The number of methoxy groups -OCH3 is 1. The smallest absolute Gasteiger partial charge is 0.264 e. The van der Waals surface area contributed by atoms with Gasteiger partial charge in [0.05, 0.1) is 38.3 Å². The molecule has 2 N–H and O–H groups in total. The second kappa shape index (κ2) is 8.53. The SMILES string of the molecule is COc1ccc(N(C[C@H](O)C[NH+](C)C)S(=O)(=O)c2ccc(C)cc2)cc1. The van der Waals surface area contributed by atoms with Crippen LogP contribution in [0.25, 0.3) is 0 Å². The Labute approximate surface area is 155 Å². The van der Waals surface area contributed by atoms with Crippen LogP contribution in [0.1, 0.15) is 5.56 Å². The summed E-state index contributed by atoms with van der Waals surface area (Å²) in [5, 5.41) is 10.4. The summed E-state index contributed by atoms with van der Waals surface area (Å²) in [5.41, 5.74) is 1.47. The standard InChI is InChI=1S/C19H26N2O4S/c1-15-5-11-19(12-6-15)26(23,24)21(14-17(22)13-20(2)3)16-7-9-18(25-4)10-8-16/h5-12,17,22H,13-14H2,1-4H3/p+1/t17-/m1/s1. The Morgan fingerprint density at radius 3 is 2.15 bits per heavy atom. The normalized spacial score (nSPS) is 12.8. The molecule has 142 valence electrons. The number of hydrogen-bond acceptors (Lipinski definition) is 4. The molecule has 0 unspecified atom stereocenters. The van der Waals surface area contributed by atoms with Crippen molar-refractivity contribution < 1.29 is 23.2 Å². The number of nitrogens with one attached hydrogen (secondary N) is 1. The highest BCUT2D eigenvalue weighted by molar-refractivity contribution is 7.92. The lowest BCUT2D eigenvalue weighted by Gasteiger charge is -2.27. The van der Waals surface area contributed by atoms with Crippen LogP contribution in [-0.4, -0.2) is 53.9 Å². The minimum absolute atomic E-state index is 0.0201. The zero-order chi connectivity index (χ0) is 19.3. The van der Waals surface area contributed by atoms with Gasteiger partial charge in [0, 0.05) is 0 Å². The number of nitrogens with zero attached hydrogens (tertiary/aromatic N) is 1.